The summed E-state index contributed by atoms with van der Waals surface area (Å²) in [4.78, 5) is 0. The van der Waals surface area contributed by atoms with E-state index in [-0.39, 0.29) is 5.54 Å². The Morgan fingerprint density at radius 3 is 2.50 bits per heavy atom. The first-order valence-corrected chi connectivity index (χ1v) is 5.95. The number of ether oxygens (including phenoxy) is 1. The zero-order valence-corrected chi connectivity index (χ0v) is 10.4. The fourth-order valence-electron chi connectivity index (χ4n) is 2.88. The molecule has 0 unspecified atom stereocenters. The molecular formula is C12H21N3O. The molecular weight excluding hydrogens is 202 g/mol. The molecule has 1 aliphatic rings. The first-order valence-electron chi connectivity index (χ1n) is 5.95. The monoisotopic (exact) mass is 223 g/mol. The van der Waals surface area contributed by atoms with Crippen molar-refractivity contribution in [3.8, 4) is 5.88 Å². The van der Waals surface area contributed by atoms with Gasteiger partial charge in [0.2, 0.25) is 5.88 Å². The van der Waals surface area contributed by atoms with Crippen molar-refractivity contribution >= 4 is 0 Å². The SMILES string of the molecule is COc1c(C2(N)CCCCC2)c(C)nn1C. The van der Waals surface area contributed by atoms with Crippen LogP contribution in [0.15, 0.2) is 0 Å². The van der Waals surface area contributed by atoms with Crippen LogP contribution in [0.4, 0.5) is 0 Å². The summed E-state index contributed by atoms with van der Waals surface area (Å²) >= 11 is 0. The molecule has 1 aromatic rings. The van der Waals surface area contributed by atoms with E-state index in [1.807, 2.05) is 14.0 Å². The van der Waals surface area contributed by atoms with Crippen molar-refractivity contribution in [2.75, 3.05) is 7.11 Å². The lowest BCUT2D eigenvalue weighted by Gasteiger charge is -2.33. The van der Waals surface area contributed by atoms with Crippen LogP contribution in [0.1, 0.15) is 43.4 Å². The molecule has 1 aromatic heterocycles. The van der Waals surface area contributed by atoms with Crippen LogP contribution in [-0.2, 0) is 12.6 Å². The molecule has 0 amide bonds. The van der Waals surface area contributed by atoms with Gasteiger partial charge in [0.25, 0.3) is 0 Å². The van der Waals surface area contributed by atoms with Crippen LogP contribution in [0.2, 0.25) is 0 Å². The maximum atomic E-state index is 6.54. The third kappa shape index (κ3) is 1.71. The summed E-state index contributed by atoms with van der Waals surface area (Å²) in [5.74, 6) is 0.821. The summed E-state index contributed by atoms with van der Waals surface area (Å²) in [7, 11) is 3.59. The van der Waals surface area contributed by atoms with Gasteiger partial charge in [0, 0.05) is 12.6 Å². The Labute approximate surface area is 96.8 Å². The molecule has 0 radical (unpaired) electrons. The van der Waals surface area contributed by atoms with Crippen LogP contribution < -0.4 is 10.5 Å². The largest absolute Gasteiger partial charge is 0.481 e. The highest BCUT2D eigenvalue weighted by atomic mass is 16.5. The molecule has 0 spiro atoms. The number of aromatic nitrogens is 2. The van der Waals surface area contributed by atoms with Crippen molar-refractivity contribution in [1.82, 2.24) is 9.78 Å². The fourth-order valence-corrected chi connectivity index (χ4v) is 2.88. The molecule has 1 saturated carbocycles. The predicted molar refractivity (Wildman–Crippen MR) is 63.4 cm³/mol. The summed E-state index contributed by atoms with van der Waals surface area (Å²) in [5, 5.41) is 4.41. The lowest BCUT2D eigenvalue weighted by molar-refractivity contribution is 0.283. The van der Waals surface area contributed by atoms with Gasteiger partial charge in [-0.25, -0.2) is 4.68 Å². The summed E-state index contributed by atoms with van der Waals surface area (Å²) in [6, 6.07) is 0. The van der Waals surface area contributed by atoms with Crippen molar-refractivity contribution in [1.29, 1.82) is 0 Å². The van der Waals surface area contributed by atoms with Gasteiger partial charge in [0.1, 0.15) is 0 Å². The van der Waals surface area contributed by atoms with E-state index in [0.29, 0.717) is 0 Å². The Kier molecular flexibility index (Phi) is 2.93. The number of methoxy groups -OCH3 is 1. The number of nitrogens with two attached hydrogens (primary N) is 1. The molecule has 0 atom stereocenters. The highest BCUT2D eigenvalue weighted by Gasteiger charge is 2.36. The van der Waals surface area contributed by atoms with Crippen molar-refractivity contribution in [2.24, 2.45) is 12.8 Å². The molecule has 1 heterocycles. The van der Waals surface area contributed by atoms with E-state index in [2.05, 4.69) is 5.10 Å². The van der Waals surface area contributed by atoms with Crippen LogP contribution in [-0.4, -0.2) is 16.9 Å². The van der Waals surface area contributed by atoms with Gasteiger partial charge in [0.05, 0.1) is 18.4 Å². The van der Waals surface area contributed by atoms with E-state index in [9.17, 15) is 0 Å². The van der Waals surface area contributed by atoms with E-state index in [4.69, 9.17) is 10.5 Å². The molecule has 1 fully saturated rings. The van der Waals surface area contributed by atoms with E-state index >= 15 is 0 Å². The highest BCUT2D eigenvalue weighted by molar-refractivity contribution is 5.38. The van der Waals surface area contributed by atoms with E-state index in [1.165, 1.54) is 19.3 Å². The van der Waals surface area contributed by atoms with E-state index < -0.39 is 0 Å². The van der Waals surface area contributed by atoms with Crippen molar-refractivity contribution in [3.63, 3.8) is 0 Å². The number of hydrogen-bond donors (Lipinski definition) is 1. The summed E-state index contributed by atoms with van der Waals surface area (Å²) in [5.41, 5.74) is 8.42. The summed E-state index contributed by atoms with van der Waals surface area (Å²) in [6.45, 7) is 2.01. The third-order valence-corrected chi connectivity index (χ3v) is 3.61. The van der Waals surface area contributed by atoms with Gasteiger partial charge in [-0.05, 0) is 19.8 Å². The van der Waals surface area contributed by atoms with Gasteiger partial charge in [0.15, 0.2) is 0 Å². The zero-order valence-electron chi connectivity index (χ0n) is 10.4. The average Bonchev–Trinajstić information content (AvgIpc) is 2.54. The van der Waals surface area contributed by atoms with Crippen molar-refractivity contribution in [3.05, 3.63) is 11.3 Å². The molecule has 4 nitrogen and oxygen atoms in total. The minimum atomic E-state index is -0.234. The van der Waals surface area contributed by atoms with E-state index in [1.54, 1.807) is 11.8 Å². The second-order valence-electron chi connectivity index (χ2n) is 4.81. The van der Waals surface area contributed by atoms with Gasteiger partial charge in [-0.15, -0.1) is 0 Å². The lowest BCUT2D eigenvalue weighted by Crippen LogP contribution is -2.39. The lowest BCUT2D eigenvalue weighted by atomic mass is 9.77. The number of hydrogen-bond acceptors (Lipinski definition) is 3. The molecule has 2 rings (SSSR count). The number of rotatable bonds is 2. The van der Waals surface area contributed by atoms with Gasteiger partial charge >= 0.3 is 0 Å². The minimum absolute atomic E-state index is 0.234. The second-order valence-corrected chi connectivity index (χ2v) is 4.81. The highest BCUT2D eigenvalue weighted by Crippen LogP contribution is 2.40. The molecule has 0 aromatic carbocycles. The van der Waals surface area contributed by atoms with Crippen molar-refractivity contribution in [2.45, 2.75) is 44.6 Å². The Hall–Kier alpha value is -1.03. The average molecular weight is 223 g/mol. The summed E-state index contributed by atoms with van der Waals surface area (Å²) < 4.78 is 7.22. The zero-order chi connectivity index (χ0) is 11.8. The number of nitrogens with zero attached hydrogens (tertiary/aromatic N) is 2. The van der Waals surface area contributed by atoms with E-state index in [0.717, 1.165) is 30.0 Å². The molecule has 0 bridgehead atoms. The number of aryl methyl sites for hydroxylation is 2. The van der Waals surface area contributed by atoms with Crippen LogP contribution in [0.25, 0.3) is 0 Å². The van der Waals surface area contributed by atoms with Gasteiger partial charge < -0.3 is 10.5 Å². The first-order chi connectivity index (χ1) is 7.58. The molecule has 2 N–H and O–H groups in total. The van der Waals surface area contributed by atoms with Crippen LogP contribution in [0.3, 0.4) is 0 Å². The topological polar surface area (TPSA) is 53.1 Å². The Balaban J connectivity index is 2.45. The smallest absolute Gasteiger partial charge is 0.216 e. The molecule has 16 heavy (non-hydrogen) atoms. The van der Waals surface area contributed by atoms with Crippen molar-refractivity contribution < 1.29 is 4.74 Å². The van der Waals surface area contributed by atoms with Crippen LogP contribution in [0.5, 0.6) is 5.88 Å². The predicted octanol–water partition coefficient (Wildman–Crippen LogP) is 1.86. The quantitative estimate of drug-likeness (QED) is 0.832. The Bertz CT molecular complexity index is 378. The third-order valence-electron chi connectivity index (χ3n) is 3.61. The fraction of sp³-hybridized carbons (Fsp3) is 0.750. The molecule has 90 valence electrons. The first kappa shape index (κ1) is 11.5. The standard InChI is InChI=1S/C12H21N3O/c1-9-10(11(16-3)15(2)14-9)12(13)7-5-4-6-8-12/h4-8,13H2,1-3H3. The van der Waals surface area contributed by atoms with Gasteiger partial charge in [-0.1, -0.05) is 19.3 Å². The minimum Gasteiger partial charge on any atom is -0.481 e. The molecule has 4 heteroatoms. The Morgan fingerprint density at radius 1 is 1.31 bits per heavy atom. The maximum Gasteiger partial charge on any atom is 0.216 e. The normalized spacial score (nSPS) is 19.8. The summed E-state index contributed by atoms with van der Waals surface area (Å²) in [6.07, 6.45) is 5.77. The molecule has 0 saturated heterocycles. The van der Waals surface area contributed by atoms with Gasteiger partial charge in [-0.3, -0.25) is 0 Å². The Morgan fingerprint density at radius 2 is 1.94 bits per heavy atom. The molecule has 0 aliphatic heterocycles. The second kappa shape index (κ2) is 4.09. The molecule has 1 aliphatic carbocycles. The van der Waals surface area contributed by atoms with Crippen LogP contribution >= 0.6 is 0 Å². The van der Waals surface area contributed by atoms with Crippen LogP contribution in [0, 0.1) is 6.92 Å². The maximum absolute atomic E-state index is 6.54. The van der Waals surface area contributed by atoms with Gasteiger partial charge in [-0.2, -0.15) is 5.10 Å².